The van der Waals surface area contributed by atoms with Crippen LogP contribution in [0, 0.1) is 20.2 Å². The van der Waals surface area contributed by atoms with E-state index in [1.807, 2.05) is 24.3 Å². The van der Waals surface area contributed by atoms with E-state index >= 15 is 0 Å². The molecule has 1 fully saturated rings. The zero-order chi connectivity index (χ0) is 22.2. The molecular weight excluding hydrogens is 424 g/mol. The number of hydrogen-bond acceptors (Lipinski definition) is 7. The number of anilines is 1. The number of piperazine rings is 1. The topological polar surface area (TPSA) is 127 Å². The minimum absolute atomic E-state index is 0.142. The number of hydrogen-bond donors (Lipinski definition) is 0. The van der Waals surface area contributed by atoms with Gasteiger partial charge in [0.15, 0.2) is 0 Å². The molecule has 0 saturated carbocycles. The maximum absolute atomic E-state index is 13.1. The summed E-state index contributed by atoms with van der Waals surface area (Å²) in [6, 6.07) is 15.9. The predicted octanol–water partition coefficient (Wildman–Crippen LogP) is 3.17. The number of sulfonamides is 1. The lowest BCUT2D eigenvalue weighted by Crippen LogP contribution is -2.48. The van der Waals surface area contributed by atoms with Crippen LogP contribution in [-0.4, -0.2) is 48.7 Å². The van der Waals surface area contributed by atoms with Gasteiger partial charge >= 0.3 is 0 Å². The van der Waals surface area contributed by atoms with E-state index in [-0.39, 0.29) is 48.1 Å². The molecule has 0 aliphatic carbocycles. The quantitative estimate of drug-likeness (QED) is 0.439. The van der Waals surface area contributed by atoms with E-state index in [1.165, 1.54) is 16.4 Å². The summed E-state index contributed by atoms with van der Waals surface area (Å²) >= 11 is 0. The summed E-state index contributed by atoms with van der Waals surface area (Å²) in [4.78, 5) is 22.8. The zero-order valence-corrected chi connectivity index (χ0v) is 17.1. The molecule has 0 aromatic heterocycles. The highest BCUT2D eigenvalue weighted by molar-refractivity contribution is 7.89. The van der Waals surface area contributed by atoms with Gasteiger partial charge in [-0.2, -0.15) is 4.31 Å². The van der Waals surface area contributed by atoms with Crippen molar-refractivity contribution in [3.8, 4) is 0 Å². The van der Waals surface area contributed by atoms with Crippen molar-refractivity contribution in [1.82, 2.24) is 4.31 Å². The first-order valence-electron chi connectivity index (χ1n) is 9.44. The van der Waals surface area contributed by atoms with E-state index in [9.17, 15) is 28.6 Å². The number of nitrogens with zero attached hydrogens (tertiary/aromatic N) is 4. The standard InChI is InChI=1S/C20H18N4O6S/c25-23(26)17-6-8-19(20(14-17)24(27)28)21-9-11-22(12-10-21)31(29,30)18-7-5-15-3-1-2-4-16(15)13-18/h1-8,13-14H,9-12H2. The Hall–Kier alpha value is -3.57. The number of nitro benzene ring substituents is 2. The predicted molar refractivity (Wildman–Crippen MR) is 115 cm³/mol. The number of nitro groups is 2. The SMILES string of the molecule is O=[N+]([O-])c1ccc(N2CCN(S(=O)(=O)c3ccc4ccccc4c3)CC2)c([N+](=O)[O-])c1. The Labute approximate surface area is 177 Å². The third-order valence-corrected chi connectivity index (χ3v) is 7.20. The Balaban J connectivity index is 1.55. The van der Waals surface area contributed by atoms with Crippen LogP contribution in [0.2, 0.25) is 0 Å². The number of benzene rings is 3. The van der Waals surface area contributed by atoms with E-state index in [4.69, 9.17) is 0 Å². The number of fused-ring (bicyclic) bond motifs is 1. The highest BCUT2D eigenvalue weighted by Crippen LogP contribution is 2.33. The molecule has 0 amide bonds. The first-order valence-corrected chi connectivity index (χ1v) is 10.9. The van der Waals surface area contributed by atoms with Crippen molar-refractivity contribution in [2.75, 3.05) is 31.1 Å². The van der Waals surface area contributed by atoms with Crippen LogP contribution < -0.4 is 4.90 Å². The molecule has 1 aliphatic rings. The van der Waals surface area contributed by atoms with Crippen molar-refractivity contribution in [3.63, 3.8) is 0 Å². The van der Waals surface area contributed by atoms with Crippen LogP contribution in [0.1, 0.15) is 0 Å². The van der Waals surface area contributed by atoms with Crippen molar-refractivity contribution in [3.05, 3.63) is 80.9 Å². The van der Waals surface area contributed by atoms with Gasteiger partial charge < -0.3 is 4.90 Å². The molecule has 0 bridgehead atoms. The Kier molecular flexibility index (Phi) is 5.29. The first-order chi connectivity index (χ1) is 14.8. The van der Waals surface area contributed by atoms with Gasteiger partial charge in [-0.15, -0.1) is 0 Å². The summed E-state index contributed by atoms with van der Waals surface area (Å²) in [5.74, 6) is 0. The second-order valence-electron chi connectivity index (χ2n) is 7.09. The summed E-state index contributed by atoms with van der Waals surface area (Å²) in [7, 11) is -3.72. The largest absolute Gasteiger partial charge is 0.363 e. The molecule has 1 saturated heterocycles. The van der Waals surface area contributed by atoms with Gasteiger partial charge in [-0.1, -0.05) is 30.3 Å². The molecule has 1 heterocycles. The Morgan fingerprint density at radius 3 is 2.10 bits per heavy atom. The molecule has 160 valence electrons. The molecule has 0 radical (unpaired) electrons. The van der Waals surface area contributed by atoms with Crippen LogP contribution in [-0.2, 0) is 10.0 Å². The third-order valence-electron chi connectivity index (χ3n) is 5.30. The van der Waals surface area contributed by atoms with Gasteiger partial charge in [-0.3, -0.25) is 20.2 Å². The van der Waals surface area contributed by atoms with Crippen molar-refractivity contribution < 1.29 is 18.3 Å². The molecule has 0 unspecified atom stereocenters. The molecule has 4 rings (SSSR count). The smallest absolute Gasteiger partial charge is 0.299 e. The van der Waals surface area contributed by atoms with Gasteiger partial charge in [0.25, 0.3) is 11.4 Å². The molecule has 11 heteroatoms. The number of rotatable bonds is 5. The van der Waals surface area contributed by atoms with Crippen LogP contribution in [0.25, 0.3) is 10.8 Å². The lowest BCUT2D eigenvalue weighted by molar-refractivity contribution is -0.393. The van der Waals surface area contributed by atoms with Crippen LogP contribution in [0.15, 0.2) is 65.6 Å². The van der Waals surface area contributed by atoms with Gasteiger partial charge in [-0.05, 0) is 29.0 Å². The van der Waals surface area contributed by atoms with Crippen LogP contribution in [0.5, 0.6) is 0 Å². The molecule has 10 nitrogen and oxygen atoms in total. The average Bonchev–Trinajstić information content (AvgIpc) is 2.78. The highest BCUT2D eigenvalue weighted by atomic mass is 32.2. The minimum Gasteiger partial charge on any atom is -0.363 e. The van der Waals surface area contributed by atoms with Crippen molar-refractivity contribution >= 4 is 37.9 Å². The Bertz CT molecular complexity index is 1290. The van der Waals surface area contributed by atoms with Crippen LogP contribution in [0.4, 0.5) is 17.1 Å². The molecule has 31 heavy (non-hydrogen) atoms. The number of non-ortho nitro benzene ring substituents is 1. The molecule has 0 spiro atoms. The molecule has 3 aromatic carbocycles. The van der Waals surface area contributed by atoms with Gasteiger partial charge in [0, 0.05) is 32.2 Å². The third kappa shape index (κ3) is 3.92. The fraction of sp³-hybridized carbons (Fsp3) is 0.200. The minimum atomic E-state index is -3.72. The molecule has 0 atom stereocenters. The molecule has 1 aliphatic heterocycles. The first kappa shape index (κ1) is 20.7. The van der Waals surface area contributed by atoms with Gasteiger partial charge in [0.2, 0.25) is 10.0 Å². The van der Waals surface area contributed by atoms with Crippen LogP contribution in [0.3, 0.4) is 0 Å². The highest BCUT2D eigenvalue weighted by Gasteiger charge is 2.31. The normalized spacial score (nSPS) is 15.2. The summed E-state index contributed by atoms with van der Waals surface area (Å²) in [6.07, 6.45) is 0. The van der Waals surface area contributed by atoms with Gasteiger partial charge in [0.1, 0.15) is 5.69 Å². The summed E-state index contributed by atoms with van der Waals surface area (Å²) < 4.78 is 27.5. The zero-order valence-electron chi connectivity index (χ0n) is 16.2. The Morgan fingerprint density at radius 1 is 0.774 bits per heavy atom. The fourth-order valence-electron chi connectivity index (χ4n) is 3.69. The van der Waals surface area contributed by atoms with E-state index in [1.54, 1.807) is 23.1 Å². The van der Waals surface area contributed by atoms with Crippen LogP contribution >= 0.6 is 0 Å². The lowest BCUT2D eigenvalue weighted by atomic mass is 10.1. The summed E-state index contributed by atoms with van der Waals surface area (Å²) in [5.41, 5.74) is -0.508. The van der Waals surface area contributed by atoms with Crippen molar-refractivity contribution in [2.24, 2.45) is 0 Å². The average molecular weight is 442 g/mol. The second kappa shape index (κ2) is 7.93. The fourth-order valence-corrected chi connectivity index (χ4v) is 5.14. The Morgan fingerprint density at radius 2 is 1.45 bits per heavy atom. The molecular formula is C20H18N4O6S. The molecule has 3 aromatic rings. The second-order valence-corrected chi connectivity index (χ2v) is 9.03. The van der Waals surface area contributed by atoms with E-state index in [2.05, 4.69) is 0 Å². The van der Waals surface area contributed by atoms with E-state index < -0.39 is 19.9 Å². The van der Waals surface area contributed by atoms with Gasteiger partial charge in [0.05, 0.1) is 20.8 Å². The monoisotopic (exact) mass is 442 g/mol. The molecule has 0 N–H and O–H groups in total. The van der Waals surface area contributed by atoms with Gasteiger partial charge in [-0.25, -0.2) is 8.42 Å². The maximum Gasteiger partial charge on any atom is 0.299 e. The van der Waals surface area contributed by atoms with Crippen molar-refractivity contribution in [2.45, 2.75) is 4.90 Å². The van der Waals surface area contributed by atoms with Crippen molar-refractivity contribution in [1.29, 1.82) is 0 Å². The van der Waals surface area contributed by atoms with E-state index in [0.29, 0.717) is 0 Å². The lowest BCUT2D eigenvalue weighted by Gasteiger charge is -2.35. The van der Waals surface area contributed by atoms with E-state index in [0.717, 1.165) is 16.8 Å². The summed E-state index contributed by atoms with van der Waals surface area (Å²) in [6.45, 7) is 0.740. The maximum atomic E-state index is 13.1. The summed E-state index contributed by atoms with van der Waals surface area (Å²) in [5, 5.41) is 24.1.